The molecule has 1 atom stereocenters. The third-order valence-corrected chi connectivity index (χ3v) is 5.21. The largest absolute Gasteiger partial charge is 0.349 e. The van der Waals surface area contributed by atoms with Crippen molar-refractivity contribution in [1.82, 2.24) is 15.3 Å². The summed E-state index contributed by atoms with van der Waals surface area (Å²) < 4.78 is 14.0. The average Bonchev–Trinajstić information content (AvgIpc) is 3.10. The highest BCUT2D eigenvalue weighted by Gasteiger charge is 2.11. The first-order chi connectivity index (χ1) is 12.5. The van der Waals surface area contributed by atoms with Gasteiger partial charge in [-0.05, 0) is 42.3 Å². The van der Waals surface area contributed by atoms with Gasteiger partial charge < -0.3 is 10.3 Å². The fraction of sp³-hybridized carbons (Fsp3) is 0.158. The molecule has 0 saturated heterocycles. The van der Waals surface area contributed by atoms with Gasteiger partial charge in [-0.25, -0.2) is 9.37 Å². The van der Waals surface area contributed by atoms with Crippen LogP contribution in [0.15, 0.2) is 64.4 Å². The molecule has 0 bridgehead atoms. The molecule has 26 heavy (non-hydrogen) atoms. The van der Waals surface area contributed by atoms with Crippen molar-refractivity contribution in [2.45, 2.75) is 18.1 Å². The molecule has 0 fully saturated rings. The number of nitrogens with zero attached hydrogens (tertiary/aromatic N) is 1. The van der Waals surface area contributed by atoms with Gasteiger partial charge in [0.05, 0.1) is 23.7 Å². The number of nitrogens with one attached hydrogen (secondary N) is 2. The molecule has 0 unspecified atom stereocenters. The molecule has 2 N–H and O–H groups in total. The molecule has 0 aliphatic heterocycles. The Morgan fingerprint density at radius 3 is 2.62 bits per heavy atom. The maximum absolute atomic E-state index is 13.0. The summed E-state index contributed by atoms with van der Waals surface area (Å²) in [6, 6.07) is 13.8. The number of amides is 1. The quantitative estimate of drug-likeness (QED) is 0.540. The first-order valence-electron chi connectivity index (χ1n) is 8.00. The minimum Gasteiger partial charge on any atom is -0.349 e. The molecule has 0 radical (unpaired) electrons. The van der Waals surface area contributed by atoms with Crippen molar-refractivity contribution in [3.63, 3.8) is 0 Å². The topological polar surface area (TPSA) is 57.8 Å². The zero-order valence-corrected chi connectivity index (χ0v) is 16.4. The molecule has 0 spiro atoms. The third kappa shape index (κ3) is 4.95. The highest BCUT2D eigenvalue weighted by atomic mass is 79.9. The van der Waals surface area contributed by atoms with Gasteiger partial charge in [0.15, 0.2) is 5.16 Å². The predicted molar refractivity (Wildman–Crippen MR) is 105 cm³/mol. The second-order valence-corrected chi connectivity index (χ2v) is 7.62. The van der Waals surface area contributed by atoms with Crippen molar-refractivity contribution < 1.29 is 9.18 Å². The van der Waals surface area contributed by atoms with Gasteiger partial charge in [-0.15, -0.1) is 0 Å². The Balaban J connectivity index is 1.53. The first kappa shape index (κ1) is 18.7. The second-order valence-electron chi connectivity index (χ2n) is 5.74. The van der Waals surface area contributed by atoms with E-state index in [0.29, 0.717) is 5.16 Å². The van der Waals surface area contributed by atoms with Crippen LogP contribution in [0.25, 0.3) is 11.3 Å². The van der Waals surface area contributed by atoms with E-state index in [1.807, 2.05) is 31.2 Å². The Morgan fingerprint density at radius 2 is 1.92 bits per heavy atom. The van der Waals surface area contributed by atoms with Gasteiger partial charge in [-0.2, -0.15) is 0 Å². The molecular weight excluding hydrogens is 417 g/mol. The number of benzene rings is 2. The van der Waals surface area contributed by atoms with Crippen LogP contribution in [-0.4, -0.2) is 21.6 Å². The lowest BCUT2D eigenvalue weighted by molar-refractivity contribution is -0.119. The normalized spacial score (nSPS) is 12.0. The van der Waals surface area contributed by atoms with Crippen LogP contribution < -0.4 is 5.32 Å². The summed E-state index contributed by atoms with van der Waals surface area (Å²) in [5, 5.41) is 3.59. The van der Waals surface area contributed by atoms with E-state index >= 15 is 0 Å². The standard InChI is InChI=1S/C19H17BrFN3OS/c1-12(13-4-8-16(21)9-5-13)23-18(25)11-26-19-22-10-17(24-19)14-2-6-15(20)7-3-14/h2-10,12H,11H2,1H3,(H,22,24)(H,23,25)/t12-/m1/s1. The van der Waals surface area contributed by atoms with Crippen LogP contribution in [0.1, 0.15) is 18.5 Å². The minimum atomic E-state index is -0.290. The minimum absolute atomic E-state index is 0.103. The second kappa shape index (κ2) is 8.51. The number of hydrogen-bond donors (Lipinski definition) is 2. The number of H-pyrrole nitrogens is 1. The van der Waals surface area contributed by atoms with Gasteiger partial charge in [0.1, 0.15) is 5.82 Å². The Kier molecular flexibility index (Phi) is 6.11. The molecule has 0 aliphatic rings. The van der Waals surface area contributed by atoms with Gasteiger partial charge in [0.25, 0.3) is 0 Å². The van der Waals surface area contributed by atoms with Crippen LogP contribution in [0, 0.1) is 5.82 Å². The number of carbonyl (C=O) groups excluding carboxylic acids is 1. The molecule has 0 aliphatic carbocycles. The zero-order valence-electron chi connectivity index (χ0n) is 14.0. The Bertz CT molecular complexity index is 881. The van der Waals surface area contributed by atoms with E-state index in [9.17, 15) is 9.18 Å². The van der Waals surface area contributed by atoms with E-state index < -0.39 is 0 Å². The lowest BCUT2D eigenvalue weighted by Gasteiger charge is -2.13. The summed E-state index contributed by atoms with van der Waals surface area (Å²) in [5.41, 5.74) is 2.79. The summed E-state index contributed by atoms with van der Waals surface area (Å²) in [7, 11) is 0. The van der Waals surface area contributed by atoms with Crippen LogP contribution in [0.4, 0.5) is 4.39 Å². The number of halogens is 2. The molecule has 2 aromatic carbocycles. The fourth-order valence-electron chi connectivity index (χ4n) is 2.40. The monoisotopic (exact) mass is 433 g/mol. The molecule has 134 valence electrons. The van der Waals surface area contributed by atoms with Crippen molar-refractivity contribution in [3.8, 4) is 11.3 Å². The summed E-state index contributed by atoms with van der Waals surface area (Å²) in [6.45, 7) is 1.87. The number of hydrogen-bond acceptors (Lipinski definition) is 3. The molecule has 4 nitrogen and oxygen atoms in total. The summed E-state index contributed by atoms with van der Waals surface area (Å²) >= 11 is 4.75. The molecule has 7 heteroatoms. The van der Waals surface area contributed by atoms with Crippen molar-refractivity contribution in [3.05, 3.63) is 70.6 Å². The van der Waals surface area contributed by atoms with Gasteiger partial charge >= 0.3 is 0 Å². The van der Waals surface area contributed by atoms with Crippen LogP contribution in [0.5, 0.6) is 0 Å². The number of aromatic nitrogens is 2. The van der Waals surface area contributed by atoms with Crippen molar-refractivity contribution in [2.75, 3.05) is 5.75 Å². The van der Waals surface area contributed by atoms with Gasteiger partial charge in [0.2, 0.25) is 5.91 Å². The summed E-state index contributed by atoms with van der Waals surface area (Å²) in [6.07, 6.45) is 1.75. The van der Waals surface area contributed by atoms with E-state index in [1.54, 1.807) is 18.3 Å². The Labute approximate surface area is 163 Å². The van der Waals surface area contributed by atoms with Gasteiger partial charge in [0, 0.05) is 4.47 Å². The number of aromatic amines is 1. The van der Waals surface area contributed by atoms with Crippen LogP contribution in [-0.2, 0) is 4.79 Å². The third-order valence-electron chi connectivity index (χ3n) is 3.80. The molecule has 1 aromatic heterocycles. The Hall–Kier alpha value is -2.12. The molecular formula is C19H17BrFN3OS. The average molecular weight is 434 g/mol. The highest BCUT2D eigenvalue weighted by molar-refractivity contribution is 9.10. The molecule has 3 aromatic rings. The summed E-state index contributed by atoms with van der Waals surface area (Å²) in [4.78, 5) is 19.6. The smallest absolute Gasteiger partial charge is 0.230 e. The predicted octanol–water partition coefficient (Wildman–Crippen LogP) is 4.95. The first-order valence-corrected chi connectivity index (χ1v) is 9.77. The maximum Gasteiger partial charge on any atom is 0.230 e. The van der Waals surface area contributed by atoms with Crippen molar-refractivity contribution in [1.29, 1.82) is 0 Å². The maximum atomic E-state index is 13.0. The van der Waals surface area contributed by atoms with Gasteiger partial charge in [-0.3, -0.25) is 4.79 Å². The van der Waals surface area contributed by atoms with E-state index in [-0.39, 0.29) is 23.5 Å². The van der Waals surface area contributed by atoms with Gasteiger partial charge in [-0.1, -0.05) is 52.0 Å². The van der Waals surface area contributed by atoms with E-state index in [1.165, 1.54) is 23.9 Å². The van der Waals surface area contributed by atoms with E-state index in [4.69, 9.17) is 0 Å². The van der Waals surface area contributed by atoms with Crippen molar-refractivity contribution >= 4 is 33.6 Å². The molecule has 1 amide bonds. The number of rotatable bonds is 6. The van der Waals surface area contributed by atoms with Crippen molar-refractivity contribution in [2.24, 2.45) is 0 Å². The molecule has 0 saturated carbocycles. The fourth-order valence-corrected chi connectivity index (χ4v) is 3.33. The van der Waals surface area contributed by atoms with E-state index in [0.717, 1.165) is 21.3 Å². The number of carbonyl (C=O) groups is 1. The molecule has 1 heterocycles. The Morgan fingerprint density at radius 1 is 1.23 bits per heavy atom. The number of imidazole rings is 1. The SMILES string of the molecule is C[C@@H](NC(=O)CSc1ncc(-c2ccc(Br)cc2)[nH]1)c1ccc(F)cc1. The summed E-state index contributed by atoms with van der Waals surface area (Å²) in [5.74, 6) is -0.144. The molecule has 3 rings (SSSR count). The van der Waals surface area contributed by atoms with Crippen LogP contribution in [0.3, 0.4) is 0 Å². The lowest BCUT2D eigenvalue weighted by Crippen LogP contribution is -2.28. The lowest BCUT2D eigenvalue weighted by atomic mass is 10.1. The van der Waals surface area contributed by atoms with E-state index in [2.05, 4.69) is 31.2 Å². The zero-order chi connectivity index (χ0) is 18.5. The van der Waals surface area contributed by atoms with Crippen LogP contribution in [0.2, 0.25) is 0 Å². The van der Waals surface area contributed by atoms with Crippen LogP contribution >= 0.6 is 27.7 Å². The number of thioether (sulfide) groups is 1. The highest BCUT2D eigenvalue weighted by Crippen LogP contribution is 2.23.